The second-order valence-corrected chi connectivity index (χ2v) is 7.52. The third kappa shape index (κ3) is 5.73. The zero-order valence-corrected chi connectivity index (χ0v) is 17.9. The number of nitrogens with one attached hydrogen (secondary N) is 1. The lowest BCUT2D eigenvalue weighted by molar-refractivity contribution is 0.0599. The lowest BCUT2D eigenvalue weighted by atomic mass is 10.1. The van der Waals surface area contributed by atoms with Crippen molar-refractivity contribution in [1.29, 1.82) is 0 Å². The Morgan fingerprint density at radius 2 is 1.39 bits per heavy atom. The highest BCUT2D eigenvalue weighted by Crippen LogP contribution is 2.27. The summed E-state index contributed by atoms with van der Waals surface area (Å²) in [5.74, 6) is -0.885. The summed E-state index contributed by atoms with van der Waals surface area (Å²) in [5, 5.41) is 2.77. The van der Waals surface area contributed by atoms with E-state index >= 15 is 0 Å². The molecule has 6 nitrogen and oxygen atoms in total. The quantitative estimate of drug-likeness (QED) is 0.424. The Labute approximate surface area is 184 Å². The van der Waals surface area contributed by atoms with Gasteiger partial charge in [-0.2, -0.15) is 0 Å². The van der Waals surface area contributed by atoms with E-state index in [2.05, 4.69) is 5.32 Å². The van der Waals surface area contributed by atoms with Crippen molar-refractivity contribution in [2.45, 2.75) is 10.6 Å². The molecule has 0 heterocycles. The summed E-state index contributed by atoms with van der Waals surface area (Å²) in [6.07, 6.45) is 0. The molecule has 0 saturated heterocycles. The number of carbonyl (C=O) groups is 3. The van der Waals surface area contributed by atoms with Crippen LogP contribution in [-0.2, 0) is 15.2 Å². The average Bonchev–Trinajstić information content (AvgIpc) is 2.82. The summed E-state index contributed by atoms with van der Waals surface area (Å²) in [4.78, 5) is 37.7. The van der Waals surface area contributed by atoms with Crippen molar-refractivity contribution in [3.63, 3.8) is 0 Å². The highest BCUT2D eigenvalue weighted by Gasteiger charge is 2.17. The predicted molar refractivity (Wildman–Crippen MR) is 120 cm³/mol. The number of amides is 1. The number of hydrogen-bond donors (Lipinski definition) is 1. The summed E-state index contributed by atoms with van der Waals surface area (Å²) in [7, 11) is 2.48. The molecule has 0 saturated carbocycles. The highest BCUT2D eigenvalue weighted by molar-refractivity contribution is 7.98. The van der Waals surface area contributed by atoms with Crippen LogP contribution in [0.4, 0.5) is 5.69 Å². The molecule has 1 N–H and O–H groups in total. The summed E-state index contributed by atoms with van der Waals surface area (Å²) < 4.78 is 9.47. The molecule has 7 heteroatoms. The van der Waals surface area contributed by atoms with Crippen molar-refractivity contribution in [2.24, 2.45) is 0 Å². The van der Waals surface area contributed by atoms with Crippen LogP contribution in [0.2, 0.25) is 0 Å². The van der Waals surface area contributed by atoms with E-state index in [4.69, 9.17) is 9.47 Å². The minimum Gasteiger partial charge on any atom is -0.465 e. The number of rotatable bonds is 7. The first-order valence-electron chi connectivity index (χ1n) is 9.40. The van der Waals surface area contributed by atoms with Gasteiger partial charge in [0, 0.05) is 16.3 Å². The Bertz CT molecular complexity index is 1060. The van der Waals surface area contributed by atoms with Gasteiger partial charge in [0.1, 0.15) is 0 Å². The highest BCUT2D eigenvalue weighted by atomic mass is 32.2. The van der Waals surface area contributed by atoms with Crippen LogP contribution < -0.4 is 5.32 Å². The predicted octanol–water partition coefficient (Wildman–Crippen LogP) is 4.80. The van der Waals surface area contributed by atoms with E-state index in [0.29, 0.717) is 5.56 Å². The molecular weight excluding hydrogens is 414 g/mol. The number of anilines is 1. The van der Waals surface area contributed by atoms with Gasteiger partial charge in [-0.25, -0.2) is 9.59 Å². The third-order valence-electron chi connectivity index (χ3n) is 4.40. The number of ether oxygens (including phenoxy) is 2. The molecule has 0 bridgehead atoms. The maximum absolute atomic E-state index is 13.0. The number of hydrogen-bond acceptors (Lipinski definition) is 6. The van der Waals surface area contributed by atoms with E-state index in [-0.39, 0.29) is 22.7 Å². The Morgan fingerprint density at radius 3 is 2.00 bits per heavy atom. The minimum atomic E-state index is -0.625. The van der Waals surface area contributed by atoms with Crippen molar-refractivity contribution < 1.29 is 23.9 Å². The fraction of sp³-hybridized carbons (Fsp3) is 0.125. The Kier molecular flexibility index (Phi) is 7.45. The monoisotopic (exact) mass is 435 g/mol. The van der Waals surface area contributed by atoms with E-state index in [1.807, 2.05) is 42.5 Å². The number of benzene rings is 3. The molecule has 0 aliphatic heterocycles. The molecule has 0 aromatic heterocycles. The van der Waals surface area contributed by atoms with Gasteiger partial charge in [0.05, 0.1) is 30.9 Å². The largest absolute Gasteiger partial charge is 0.465 e. The number of carbonyl (C=O) groups excluding carboxylic acids is 3. The molecule has 0 atom stereocenters. The molecule has 0 fully saturated rings. The van der Waals surface area contributed by atoms with Crippen LogP contribution in [0.15, 0.2) is 77.7 Å². The first-order chi connectivity index (χ1) is 15.0. The van der Waals surface area contributed by atoms with Gasteiger partial charge < -0.3 is 14.8 Å². The Balaban J connectivity index is 1.84. The standard InChI is InChI=1S/C24H21NO5S/c1-29-23(27)17-12-18(24(28)30-2)14-19(13-17)25-22(26)20-10-6-7-11-21(20)31-15-16-8-4-3-5-9-16/h3-14H,15H2,1-2H3,(H,25,26). The van der Waals surface area contributed by atoms with Crippen LogP contribution in [0.5, 0.6) is 0 Å². The van der Waals surface area contributed by atoms with Crippen LogP contribution >= 0.6 is 11.8 Å². The first-order valence-corrected chi connectivity index (χ1v) is 10.4. The molecule has 0 aliphatic carbocycles. The molecule has 0 radical (unpaired) electrons. The van der Waals surface area contributed by atoms with Crippen LogP contribution in [0.25, 0.3) is 0 Å². The Morgan fingerprint density at radius 1 is 0.806 bits per heavy atom. The van der Waals surface area contributed by atoms with Gasteiger partial charge in [-0.3, -0.25) is 4.79 Å². The summed E-state index contributed by atoms with van der Waals surface area (Å²) in [5.41, 5.74) is 2.19. The molecule has 1 amide bonds. The van der Waals surface area contributed by atoms with Gasteiger partial charge in [-0.15, -0.1) is 11.8 Å². The van der Waals surface area contributed by atoms with Gasteiger partial charge in [-0.1, -0.05) is 42.5 Å². The van der Waals surface area contributed by atoms with Crippen molar-refractivity contribution in [3.8, 4) is 0 Å². The van der Waals surface area contributed by atoms with Crippen LogP contribution in [-0.4, -0.2) is 32.1 Å². The molecule has 0 aliphatic rings. The van der Waals surface area contributed by atoms with Crippen LogP contribution in [0.3, 0.4) is 0 Å². The zero-order chi connectivity index (χ0) is 22.2. The van der Waals surface area contributed by atoms with Crippen LogP contribution in [0, 0.1) is 0 Å². The molecular formula is C24H21NO5S. The number of methoxy groups -OCH3 is 2. The third-order valence-corrected chi connectivity index (χ3v) is 5.55. The molecule has 3 rings (SSSR count). The van der Waals surface area contributed by atoms with Crippen molar-refractivity contribution in [2.75, 3.05) is 19.5 Å². The fourth-order valence-corrected chi connectivity index (χ4v) is 3.89. The molecule has 3 aromatic rings. The van der Waals surface area contributed by atoms with Gasteiger partial charge in [0.25, 0.3) is 5.91 Å². The fourth-order valence-electron chi connectivity index (χ4n) is 2.89. The lowest BCUT2D eigenvalue weighted by Crippen LogP contribution is -2.15. The van der Waals surface area contributed by atoms with Gasteiger partial charge >= 0.3 is 11.9 Å². The SMILES string of the molecule is COC(=O)c1cc(NC(=O)c2ccccc2SCc2ccccc2)cc(C(=O)OC)c1. The van der Waals surface area contributed by atoms with Crippen molar-refractivity contribution in [1.82, 2.24) is 0 Å². The van der Waals surface area contributed by atoms with E-state index in [1.165, 1.54) is 32.4 Å². The molecule has 0 unspecified atom stereocenters. The van der Waals surface area contributed by atoms with Crippen LogP contribution in [0.1, 0.15) is 36.6 Å². The number of esters is 2. The topological polar surface area (TPSA) is 81.7 Å². The van der Waals surface area contributed by atoms with Gasteiger partial charge in [0.2, 0.25) is 0 Å². The minimum absolute atomic E-state index is 0.132. The van der Waals surface area contributed by atoms with Gasteiger partial charge in [-0.05, 0) is 35.9 Å². The maximum Gasteiger partial charge on any atom is 0.337 e. The van der Waals surface area contributed by atoms with Gasteiger partial charge in [0.15, 0.2) is 0 Å². The Hall–Kier alpha value is -3.58. The molecule has 158 valence electrons. The van der Waals surface area contributed by atoms with Crippen molar-refractivity contribution >= 4 is 35.3 Å². The molecule has 31 heavy (non-hydrogen) atoms. The summed E-state index contributed by atoms with van der Waals surface area (Å²) in [6, 6.07) is 21.5. The second-order valence-electron chi connectivity index (χ2n) is 6.51. The first kappa shape index (κ1) is 22.1. The molecule has 0 spiro atoms. The van der Waals surface area contributed by atoms with Crippen molar-refractivity contribution in [3.05, 3.63) is 95.1 Å². The van der Waals surface area contributed by atoms with E-state index < -0.39 is 11.9 Å². The smallest absolute Gasteiger partial charge is 0.337 e. The van der Waals surface area contributed by atoms with E-state index in [1.54, 1.807) is 23.9 Å². The molecule has 3 aromatic carbocycles. The summed E-state index contributed by atoms with van der Waals surface area (Å²) in [6.45, 7) is 0. The maximum atomic E-state index is 13.0. The van der Waals surface area contributed by atoms with E-state index in [0.717, 1.165) is 16.2 Å². The zero-order valence-electron chi connectivity index (χ0n) is 17.1. The second kappa shape index (κ2) is 10.4. The normalized spacial score (nSPS) is 10.3. The summed E-state index contributed by atoms with van der Waals surface area (Å²) >= 11 is 1.55. The number of thioether (sulfide) groups is 1. The average molecular weight is 436 g/mol. The lowest BCUT2D eigenvalue weighted by Gasteiger charge is -2.12. The van der Waals surface area contributed by atoms with E-state index in [9.17, 15) is 14.4 Å².